The smallest absolute Gasteiger partial charge is 0.133 e. The van der Waals surface area contributed by atoms with Crippen molar-refractivity contribution in [3.8, 4) is 11.3 Å². The summed E-state index contributed by atoms with van der Waals surface area (Å²) in [6.07, 6.45) is 2.87. The molecule has 1 aromatic heterocycles. The molecule has 0 aliphatic heterocycles. The Kier molecular flexibility index (Phi) is 3.78. The Balaban J connectivity index is 2.00. The predicted octanol–water partition coefficient (Wildman–Crippen LogP) is 3.45. The van der Waals surface area contributed by atoms with Crippen LogP contribution in [0.4, 0.5) is 0 Å². The lowest BCUT2D eigenvalue weighted by Crippen LogP contribution is -2.13. The minimum absolute atomic E-state index is 0.924. The Labute approximate surface area is 96.3 Å². The van der Waals surface area contributed by atoms with E-state index in [2.05, 4.69) is 36.5 Å². The zero-order valence-corrected chi connectivity index (χ0v) is 9.57. The number of hydrogen-bond donors (Lipinski definition) is 1. The van der Waals surface area contributed by atoms with Crippen molar-refractivity contribution in [2.24, 2.45) is 0 Å². The first kappa shape index (κ1) is 11.0. The van der Waals surface area contributed by atoms with Crippen LogP contribution in [0.25, 0.3) is 11.3 Å². The molecule has 0 saturated carbocycles. The minimum Gasteiger partial charge on any atom is -0.464 e. The van der Waals surface area contributed by atoms with Gasteiger partial charge in [0.05, 0.1) is 6.26 Å². The van der Waals surface area contributed by atoms with Crippen LogP contribution in [-0.4, -0.2) is 6.54 Å². The van der Waals surface area contributed by atoms with Gasteiger partial charge in [-0.3, -0.25) is 0 Å². The van der Waals surface area contributed by atoms with E-state index in [1.807, 2.05) is 12.1 Å². The summed E-state index contributed by atoms with van der Waals surface area (Å²) < 4.78 is 5.34. The van der Waals surface area contributed by atoms with Crippen molar-refractivity contribution < 1.29 is 4.42 Å². The van der Waals surface area contributed by atoms with Gasteiger partial charge in [-0.25, -0.2) is 0 Å². The average molecular weight is 215 g/mol. The topological polar surface area (TPSA) is 25.2 Å². The van der Waals surface area contributed by atoms with Crippen LogP contribution in [0, 0.1) is 0 Å². The van der Waals surface area contributed by atoms with Gasteiger partial charge in [0.2, 0.25) is 0 Å². The Morgan fingerprint density at radius 1 is 1.12 bits per heavy atom. The van der Waals surface area contributed by atoms with Crippen molar-refractivity contribution in [3.05, 3.63) is 48.2 Å². The normalized spacial score (nSPS) is 10.6. The third-order valence-electron chi connectivity index (χ3n) is 2.52. The lowest BCUT2D eigenvalue weighted by atomic mass is 10.1. The molecule has 2 aromatic rings. The van der Waals surface area contributed by atoms with Crippen molar-refractivity contribution in [2.75, 3.05) is 6.54 Å². The van der Waals surface area contributed by atoms with Crippen LogP contribution in [0.5, 0.6) is 0 Å². The second-order valence-electron chi connectivity index (χ2n) is 3.85. The molecule has 0 atom stereocenters. The predicted molar refractivity (Wildman–Crippen MR) is 66.1 cm³/mol. The molecule has 0 unspecified atom stereocenters. The molecule has 0 aliphatic rings. The Bertz CT molecular complexity index is 403. The molecule has 2 nitrogen and oxygen atoms in total. The second-order valence-corrected chi connectivity index (χ2v) is 3.85. The zero-order valence-electron chi connectivity index (χ0n) is 9.57. The quantitative estimate of drug-likeness (QED) is 0.773. The van der Waals surface area contributed by atoms with E-state index in [0.717, 1.165) is 24.4 Å². The summed E-state index contributed by atoms with van der Waals surface area (Å²) in [4.78, 5) is 0. The highest BCUT2D eigenvalue weighted by molar-refractivity contribution is 5.57. The molecule has 2 rings (SSSR count). The van der Waals surface area contributed by atoms with Gasteiger partial charge in [0.1, 0.15) is 5.76 Å². The summed E-state index contributed by atoms with van der Waals surface area (Å²) in [5.74, 6) is 0.924. The summed E-state index contributed by atoms with van der Waals surface area (Å²) in [6.45, 7) is 4.18. The molecule has 0 amide bonds. The van der Waals surface area contributed by atoms with Gasteiger partial charge in [0, 0.05) is 12.1 Å². The number of nitrogens with one attached hydrogen (secondary N) is 1. The fraction of sp³-hybridized carbons (Fsp3) is 0.286. The monoisotopic (exact) mass is 215 g/mol. The summed E-state index contributed by atoms with van der Waals surface area (Å²) in [5.41, 5.74) is 2.44. The van der Waals surface area contributed by atoms with Crippen molar-refractivity contribution >= 4 is 0 Å². The van der Waals surface area contributed by atoms with E-state index in [4.69, 9.17) is 4.42 Å². The summed E-state index contributed by atoms with van der Waals surface area (Å²) >= 11 is 0. The van der Waals surface area contributed by atoms with Crippen LogP contribution in [0.3, 0.4) is 0 Å². The first-order valence-electron chi connectivity index (χ1n) is 5.73. The van der Waals surface area contributed by atoms with Crippen molar-refractivity contribution in [2.45, 2.75) is 19.9 Å². The third kappa shape index (κ3) is 2.74. The fourth-order valence-corrected chi connectivity index (χ4v) is 1.64. The van der Waals surface area contributed by atoms with Gasteiger partial charge in [0.15, 0.2) is 0 Å². The maximum Gasteiger partial charge on any atom is 0.133 e. The molecule has 0 radical (unpaired) electrons. The SMILES string of the molecule is CCCNCc1ccc(-c2ccco2)cc1. The van der Waals surface area contributed by atoms with Crippen molar-refractivity contribution in [1.29, 1.82) is 0 Å². The molecule has 0 spiro atoms. The highest BCUT2D eigenvalue weighted by Crippen LogP contribution is 2.19. The van der Waals surface area contributed by atoms with Gasteiger partial charge in [0.25, 0.3) is 0 Å². The molecular weight excluding hydrogens is 198 g/mol. The lowest BCUT2D eigenvalue weighted by Gasteiger charge is -2.04. The van der Waals surface area contributed by atoms with E-state index in [1.165, 1.54) is 12.0 Å². The lowest BCUT2D eigenvalue weighted by molar-refractivity contribution is 0.582. The molecule has 0 fully saturated rings. The van der Waals surface area contributed by atoms with Crippen LogP contribution in [-0.2, 0) is 6.54 Å². The molecule has 16 heavy (non-hydrogen) atoms. The van der Waals surface area contributed by atoms with E-state index in [9.17, 15) is 0 Å². The van der Waals surface area contributed by atoms with Crippen LogP contribution in [0.2, 0.25) is 0 Å². The molecule has 1 N–H and O–H groups in total. The molecule has 0 aliphatic carbocycles. The van der Waals surface area contributed by atoms with Crippen molar-refractivity contribution in [3.63, 3.8) is 0 Å². The fourth-order valence-electron chi connectivity index (χ4n) is 1.64. The summed E-state index contributed by atoms with van der Waals surface area (Å²) in [5, 5.41) is 3.38. The first-order valence-corrected chi connectivity index (χ1v) is 5.73. The molecule has 84 valence electrons. The van der Waals surface area contributed by atoms with E-state index >= 15 is 0 Å². The molecule has 1 aromatic carbocycles. The Morgan fingerprint density at radius 3 is 2.56 bits per heavy atom. The van der Waals surface area contributed by atoms with Gasteiger partial charge in [-0.2, -0.15) is 0 Å². The van der Waals surface area contributed by atoms with E-state index in [1.54, 1.807) is 6.26 Å². The van der Waals surface area contributed by atoms with Crippen molar-refractivity contribution in [1.82, 2.24) is 5.32 Å². The number of hydrogen-bond acceptors (Lipinski definition) is 2. The standard InChI is InChI=1S/C14H17NO/c1-2-9-15-11-12-5-7-13(8-6-12)14-4-3-10-16-14/h3-8,10,15H,2,9,11H2,1H3. The average Bonchev–Trinajstić information content (AvgIpc) is 2.84. The van der Waals surface area contributed by atoms with E-state index in [0.29, 0.717) is 0 Å². The molecular formula is C14H17NO. The van der Waals surface area contributed by atoms with Gasteiger partial charge in [-0.15, -0.1) is 0 Å². The van der Waals surface area contributed by atoms with Crippen LogP contribution in [0.15, 0.2) is 47.1 Å². The zero-order chi connectivity index (χ0) is 11.2. The highest BCUT2D eigenvalue weighted by atomic mass is 16.3. The number of furan rings is 1. The first-order chi connectivity index (χ1) is 7.90. The summed E-state index contributed by atoms with van der Waals surface area (Å²) in [7, 11) is 0. The van der Waals surface area contributed by atoms with Crippen LogP contribution in [0.1, 0.15) is 18.9 Å². The molecule has 1 heterocycles. The van der Waals surface area contributed by atoms with Gasteiger partial charge in [-0.05, 0) is 30.7 Å². The van der Waals surface area contributed by atoms with Gasteiger partial charge >= 0.3 is 0 Å². The van der Waals surface area contributed by atoms with Crippen LogP contribution < -0.4 is 5.32 Å². The Morgan fingerprint density at radius 2 is 1.94 bits per heavy atom. The van der Waals surface area contributed by atoms with Gasteiger partial charge in [-0.1, -0.05) is 31.2 Å². The largest absolute Gasteiger partial charge is 0.464 e. The molecule has 2 heteroatoms. The highest BCUT2D eigenvalue weighted by Gasteiger charge is 1.99. The maximum atomic E-state index is 5.34. The second kappa shape index (κ2) is 5.52. The Hall–Kier alpha value is -1.54. The third-order valence-corrected chi connectivity index (χ3v) is 2.52. The van der Waals surface area contributed by atoms with Gasteiger partial charge < -0.3 is 9.73 Å². The number of rotatable bonds is 5. The van der Waals surface area contributed by atoms with E-state index in [-0.39, 0.29) is 0 Å². The molecule has 0 saturated heterocycles. The minimum atomic E-state index is 0.924. The number of benzene rings is 1. The maximum absolute atomic E-state index is 5.34. The van der Waals surface area contributed by atoms with Crippen LogP contribution >= 0.6 is 0 Å². The summed E-state index contributed by atoms with van der Waals surface area (Å²) in [6, 6.07) is 12.4. The van der Waals surface area contributed by atoms with E-state index < -0.39 is 0 Å². The molecule has 0 bridgehead atoms.